The number of urea groups is 1. The van der Waals surface area contributed by atoms with E-state index in [9.17, 15) is 9.59 Å². The van der Waals surface area contributed by atoms with Crippen LogP contribution in [-0.4, -0.2) is 25.0 Å². The summed E-state index contributed by atoms with van der Waals surface area (Å²) in [4.78, 5) is 24.0. The number of carbonyl (C=O) groups excluding carboxylic acids is 2. The van der Waals surface area contributed by atoms with Gasteiger partial charge in [-0.25, -0.2) is 4.79 Å². The standard InChI is InChI=1S/C22H30N4O2/c1-17-6-10-19(11-7-17)21(27)25-16-18-8-12-20(13-9-18)26-22(28)24-15-5-3-2-4-14-23/h6-13H,2-5,14-16,23H2,1H3,(H,25,27)(H2,24,26,28). The van der Waals surface area contributed by atoms with Gasteiger partial charge in [-0.1, -0.05) is 42.7 Å². The number of rotatable bonds is 10. The summed E-state index contributed by atoms with van der Waals surface area (Å²) in [5.41, 5.74) is 8.90. The smallest absolute Gasteiger partial charge is 0.319 e. The number of nitrogens with two attached hydrogens (primary N) is 1. The van der Waals surface area contributed by atoms with Gasteiger partial charge < -0.3 is 21.7 Å². The van der Waals surface area contributed by atoms with E-state index < -0.39 is 0 Å². The summed E-state index contributed by atoms with van der Waals surface area (Å²) in [5, 5.41) is 8.55. The van der Waals surface area contributed by atoms with Gasteiger partial charge in [-0.05, 0) is 56.1 Å². The molecule has 6 heteroatoms. The highest BCUT2D eigenvalue weighted by Gasteiger charge is 2.05. The summed E-state index contributed by atoms with van der Waals surface area (Å²) in [6, 6.07) is 14.7. The summed E-state index contributed by atoms with van der Waals surface area (Å²) < 4.78 is 0. The van der Waals surface area contributed by atoms with Crippen molar-refractivity contribution in [2.75, 3.05) is 18.4 Å². The highest BCUT2D eigenvalue weighted by Crippen LogP contribution is 2.10. The van der Waals surface area contributed by atoms with Crippen molar-refractivity contribution in [3.63, 3.8) is 0 Å². The predicted molar refractivity (Wildman–Crippen MR) is 113 cm³/mol. The molecule has 28 heavy (non-hydrogen) atoms. The van der Waals surface area contributed by atoms with Gasteiger partial charge in [0.05, 0.1) is 0 Å². The second-order valence-electron chi connectivity index (χ2n) is 6.83. The third-order valence-corrected chi connectivity index (χ3v) is 4.40. The molecule has 2 aromatic carbocycles. The minimum Gasteiger partial charge on any atom is -0.348 e. The molecule has 0 spiro atoms. The van der Waals surface area contributed by atoms with Crippen LogP contribution in [0.1, 0.15) is 47.2 Å². The highest BCUT2D eigenvalue weighted by atomic mass is 16.2. The molecular weight excluding hydrogens is 352 g/mol. The zero-order chi connectivity index (χ0) is 20.2. The van der Waals surface area contributed by atoms with E-state index in [4.69, 9.17) is 5.73 Å². The molecule has 150 valence electrons. The van der Waals surface area contributed by atoms with Crippen molar-refractivity contribution < 1.29 is 9.59 Å². The van der Waals surface area contributed by atoms with E-state index in [0.29, 0.717) is 24.3 Å². The van der Waals surface area contributed by atoms with Gasteiger partial charge in [0.15, 0.2) is 0 Å². The topological polar surface area (TPSA) is 96.2 Å². The van der Waals surface area contributed by atoms with E-state index in [-0.39, 0.29) is 11.9 Å². The van der Waals surface area contributed by atoms with Gasteiger partial charge in [0.25, 0.3) is 5.91 Å². The minimum atomic E-state index is -0.209. The average Bonchev–Trinajstić information content (AvgIpc) is 2.70. The van der Waals surface area contributed by atoms with Gasteiger partial charge in [0.2, 0.25) is 0 Å². The molecule has 0 aromatic heterocycles. The number of carbonyl (C=O) groups is 2. The third kappa shape index (κ3) is 7.80. The van der Waals surface area contributed by atoms with Crippen LogP contribution < -0.4 is 21.7 Å². The Morgan fingerprint density at radius 1 is 0.857 bits per heavy atom. The minimum absolute atomic E-state index is 0.104. The molecule has 0 atom stereocenters. The Kier molecular flexibility index (Phi) is 9.01. The molecule has 0 aliphatic heterocycles. The molecule has 3 amide bonds. The summed E-state index contributed by atoms with van der Waals surface area (Å²) >= 11 is 0. The number of hydrogen-bond acceptors (Lipinski definition) is 3. The van der Waals surface area contributed by atoms with E-state index in [0.717, 1.165) is 43.4 Å². The molecule has 0 heterocycles. The maximum atomic E-state index is 12.1. The fourth-order valence-corrected chi connectivity index (χ4v) is 2.70. The summed E-state index contributed by atoms with van der Waals surface area (Å²) in [6.45, 7) is 3.79. The van der Waals surface area contributed by atoms with E-state index in [1.807, 2.05) is 55.5 Å². The summed E-state index contributed by atoms with van der Waals surface area (Å²) in [5.74, 6) is -0.104. The van der Waals surface area contributed by atoms with Crippen molar-refractivity contribution in [3.8, 4) is 0 Å². The molecule has 0 saturated heterocycles. The van der Waals surface area contributed by atoms with Crippen LogP contribution in [0.5, 0.6) is 0 Å². The molecule has 0 fully saturated rings. The van der Waals surface area contributed by atoms with Crippen molar-refractivity contribution in [3.05, 3.63) is 65.2 Å². The Morgan fingerprint density at radius 2 is 1.54 bits per heavy atom. The quantitative estimate of drug-likeness (QED) is 0.473. The first-order valence-corrected chi connectivity index (χ1v) is 9.77. The van der Waals surface area contributed by atoms with Crippen molar-refractivity contribution in [2.24, 2.45) is 5.73 Å². The molecule has 2 rings (SSSR count). The van der Waals surface area contributed by atoms with Crippen LogP contribution in [-0.2, 0) is 6.54 Å². The van der Waals surface area contributed by atoms with Crippen LogP contribution in [0, 0.1) is 6.92 Å². The van der Waals surface area contributed by atoms with Crippen molar-refractivity contribution in [2.45, 2.75) is 39.2 Å². The highest BCUT2D eigenvalue weighted by molar-refractivity contribution is 5.94. The van der Waals surface area contributed by atoms with E-state index in [2.05, 4.69) is 16.0 Å². The predicted octanol–water partition coefficient (Wildman–Crippen LogP) is 3.57. The summed E-state index contributed by atoms with van der Waals surface area (Å²) in [6.07, 6.45) is 4.15. The Bertz CT molecular complexity index is 742. The molecular formula is C22H30N4O2. The zero-order valence-electron chi connectivity index (χ0n) is 16.5. The largest absolute Gasteiger partial charge is 0.348 e. The molecule has 0 bridgehead atoms. The lowest BCUT2D eigenvalue weighted by atomic mass is 10.1. The lowest BCUT2D eigenvalue weighted by Gasteiger charge is -2.09. The van der Waals surface area contributed by atoms with Crippen molar-refractivity contribution in [1.82, 2.24) is 10.6 Å². The SMILES string of the molecule is Cc1ccc(C(=O)NCc2ccc(NC(=O)NCCCCCCN)cc2)cc1. The lowest BCUT2D eigenvalue weighted by molar-refractivity contribution is 0.0951. The molecule has 2 aromatic rings. The number of nitrogens with one attached hydrogen (secondary N) is 3. The molecule has 0 unspecified atom stereocenters. The van der Waals surface area contributed by atoms with Gasteiger partial charge in [0.1, 0.15) is 0 Å². The first-order valence-electron chi connectivity index (χ1n) is 9.77. The second kappa shape index (κ2) is 11.8. The normalized spacial score (nSPS) is 10.4. The number of benzene rings is 2. The number of amides is 3. The molecule has 0 radical (unpaired) electrons. The Morgan fingerprint density at radius 3 is 2.21 bits per heavy atom. The number of unbranched alkanes of at least 4 members (excludes halogenated alkanes) is 3. The molecule has 5 N–H and O–H groups in total. The van der Waals surface area contributed by atoms with Crippen LogP contribution in [0.4, 0.5) is 10.5 Å². The Labute approximate surface area is 166 Å². The Hall–Kier alpha value is -2.86. The lowest BCUT2D eigenvalue weighted by Crippen LogP contribution is -2.29. The average molecular weight is 383 g/mol. The fourth-order valence-electron chi connectivity index (χ4n) is 2.70. The number of anilines is 1. The molecule has 0 saturated carbocycles. The molecule has 0 aliphatic rings. The van der Waals surface area contributed by atoms with Crippen molar-refractivity contribution in [1.29, 1.82) is 0 Å². The molecule has 0 aliphatic carbocycles. The van der Waals surface area contributed by atoms with Crippen LogP contribution in [0.2, 0.25) is 0 Å². The first kappa shape index (κ1) is 21.4. The van der Waals surface area contributed by atoms with Crippen LogP contribution in [0.3, 0.4) is 0 Å². The van der Waals surface area contributed by atoms with Gasteiger partial charge in [-0.2, -0.15) is 0 Å². The van der Waals surface area contributed by atoms with Crippen LogP contribution >= 0.6 is 0 Å². The maximum absolute atomic E-state index is 12.1. The summed E-state index contributed by atoms with van der Waals surface area (Å²) in [7, 11) is 0. The van der Waals surface area contributed by atoms with Gasteiger partial charge in [-0.3, -0.25) is 4.79 Å². The van der Waals surface area contributed by atoms with E-state index >= 15 is 0 Å². The first-order chi connectivity index (χ1) is 13.6. The monoisotopic (exact) mass is 382 g/mol. The van der Waals surface area contributed by atoms with Crippen LogP contribution in [0.25, 0.3) is 0 Å². The van der Waals surface area contributed by atoms with E-state index in [1.165, 1.54) is 0 Å². The van der Waals surface area contributed by atoms with Crippen LogP contribution in [0.15, 0.2) is 48.5 Å². The number of hydrogen-bond donors (Lipinski definition) is 4. The zero-order valence-corrected chi connectivity index (χ0v) is 16.5. The maximum Gasteiger partial charge on any atom is 0.319 e. The molecule has 6 nitrogen and oxygen atoms in total. The Balaban J connectivity index is 1.70. The third-order valence-electron chi connectivity index (χ3n) is 4.40. The van der Waals surface area contributed by atoms with Gasteiger partial charge in [-0.15, -0.1) is 0 Å². The van der Waals surface area contributed by atoms with E-state index in [1.54, 1.807) is 0 Å². The van der Waals surface area contributed by atoms with Gasteiger partial charge >= 0.3 is 6.03 Å². The number of aryl methyl sites for hydroxylation is 1. The fraction of sp³-hybridized carbons (Fsp3) is 0.364. The van der Waals surface area contributed by atoms with Gasteiger partial charge in [0, 0.05) is 24.3 Å². The van der Waals surface area contributed by atoms with Crippen molar-refractivity contribution >= 4 is 17.6 Å². The second-order valence-corrected chi connectivity index (χ2v) is 6.83.